The summed E-state index contributed by atoms with van der Waals surface area (Å²) in [6.07, 6.45) is 4.27. The summed E-state index contributed by atoms with van der Waals surface area (Å²) in [6, 6.07) is 4.29. The molecular formula is C18H19F3N6O2. The van der Waals surface area contributed by atoms with Gasteiger partial charge < -0.3 is 20.7 Å². The molecule has 8 nitrogen and oxygen atoms in total. The summed E-state index contributed by atoms with van der Waals surface area (Å²) in [5, 5.41) is 8.19. The van der Waals surface area contributed by atoms with E-state index >= 15 is 0 Å². The van der Waals surface area contributed by atoms with Crippen molar-refractivity contribution in [3.05, 3.63) is 36.9 Å². The molecule has 1 fully saturated rings. The molecule has 0 atom stereocenters. The average Bonchev–Trinajstić information content (AvgIpc) is 3.13. The molecule has 1 aliphatic heterocycles. The summed E-state index contributed by atoms with van der Waals surface area (Å²) in [6.45, 7) is 1.88. The van der Waals surface area contributed by atoms with Gasteiger partial charge in [0.1, 0.15) is 11.5 Å². The highest BCUT2D eigenvalue weighted by molar-refractivity contribution is 5.92. The molecule has 0 radical (unpaired) electrons. The number of carbonyl (C=O) groups is 1. The van der Waals surface area contributed by atoms with Gasteiger partial charge in [-0.15, -0.1) is 0 Å². The fraction of sp³-hybridized carbons (Fsp3) is 0.333. The highest BCUT2D eigenvalue weighted by Crippen LogP contribution is 2.27. The van der Waals surface area contributed by atoms with E-state index < -0.39 is 12.1 Å². The first kappa shape index (κ1) is 20.5. The number of fused-ring (bicyclic) bond motifs is 1. The van der Waals surface area contributed by atoms with Crippen LogP contribution in [0.1, 0.15) is 12.8 Å². The minimum atomic E-state index is -5.08. The Morgan fingerprint density at radius 1 is 1.28 bits per heavy atom. The second-order valence-corrected chi connectivity index (χ2v) is 6.49. The van der Waals surface area contributed by atoms with Crippen LogP contribution in [0.2, 0.25) is 0 Å². The number of aromatic nitrogens is 4. The number of carboxylic acids is 1. The molecule has 4 rings (SSSR count). The molecule has 0 aliphatic carbocycles. The highest BCUT2D eigenvalue weighted by atomic mass is 19.4. The van der Waals surface area contributed by atoms with E-state index in [0.717, 1.165) is 54.0 Å². The van der Waals surface area contributed by atoms with E-state index in [1.165, 1.54) is 0 Å². The number of halogens is 3. The topological polar surface area (TPSA) is 121 Å². The van der Waals surface area contributed by atoms with E-state index in [9.17, 15) is 13.2 Å². The molecule has 0 unspecified atom stereocenters. The van der Waals surface area contributed by atoms with Crippen LogP contribution >= 0.6 is 0 Å². The standard InChI is InChI=1S/C16H18N6.C2HF3O2/c17-11-3-6-22(7-4-11)15-10-18-9-14(21-15)13-8-20-16-12(13)2-1-5-19-16;3-2(4,5)1(6)7/h1-2,5,8-11H,3-4,6-7,17H2,(H,19,20);(H,6,7). The third-order valence-electron chi connectivity index (χ3n) is 4.46. The summed E-state index contributed by atoms with van der Waals surface area (Å²) in [5.74, 6) is -1.84. The number of carboxylic acid groups (broad SMARTS) is 1. The average molecular weight is 408 g/mol. The Kier molecular flexibility index (Phi) is 5.97. The van der Waals surface area contributed by atoms with Gasteiger partial charge in [-0.05, 0) is 25.0 Å². The second-order valence-electron chi connectivity index (χ2n) is 6.49. The van der Waals surface area contributed by atoms with Crippen LogP contribution < -0.4 is 10.6 Å². The van der Waals surface area contributed by atoms with Crippen LogP contribution in [0.5, 0.6) is 0 Å². The molecule has 3 aromatic heterocycles. The minimum absolute atomic E-state index is 0.312. The number of anilines is 1. The second kappa shape index (κ2) is 8.43. The zero-order valence-electron chi connectivity index (χ0n) is 15.2. The maximum Gasteiger partial charge on any atom is 0.490 e. The van der Waals surface area contributed by atoms with Crippen molar-refractivity contribution in [2.75, 3.05) is 18.0 Å². The van der Waals surface area contributed by atoms with Gasteiger partial charge in [-0.1, -0.05) is 0 Å². The number of hydrogen-bond acceptors (Lipinski definition) is 6. The Bertz CT molecular complexity index is 983. The van der Waals surface area contributed by atoms with Gasteiger partial charge in [-0.2, -0.15) is 13.2 Å². The Morgan fingerprint density at radius 2 is 1.97 bits per heavy atom. The van der Waals surface area contributed by atoms with E-state index in [4.69, 9.17) is 20.6 Å². The third-order valence-corrected chi connectivity index (χ3v) is 4.46. The molecule has 0 aromatic carbocycles. The molecule has 1 aliphatic rings. The molecule has 11 heteroatoms. The number of hydrogen-bond donors (Lipinski definition) is 3. The van der Waals surface area contributed by atoms with Gasteiger partial charge in [-0.3, -0.25) is 4.98 Å². The lowest BCUT2D eigenvalue weighted by Crippen LogP contribution is -2.40. The van der Waals surface area contributed by atoms with E-state index in [-0.39, 0.29) is 0 Å². The number of aliphatic carboxylic acids is 1. The lowest BCUT2D eigenvalue weighted by molar-refractivity contribution is -0.192. The Hall–Kier alpha value is -3.21. The normalized spacial score (nSPS) is 15.1. The van der Waals surface area contributed by atoms with Gasteiger partial charge in [0.15, 0.2) is 0 Å². The Balaban J connectivity index is 0.000000298. The number of piperidine rings is 1. The lowest BCUT2D eigenvalue weighted by atomic mass is 10.1. The Labute approximate surface area is 163 Å². The number of nitrogens with two attached hydrogens (primary N) is 1. The number of aromatic amines is 1. The number of nitrogens with one attached hydrogen (secondary N) is 1. The summed E-state index contributed by atoms with van der Waals surface area (Å²) >= 11 is 0. The molecular weight excluding hydrogens is 389 g/mol. The highest BCUT2D eigenvalue weighted by Gasteiger charge is 2.38. The summed E-state index contributed by atoms with van der Waals surface area (Å²) in [4.78, 5) is 27.8. The number of H-pyrrole nitrogens is 1. The number of alkyl halides is 3. The van der Waals surface area contributed by atoms with Crippen LogP contribution in [0.25, 0.3) is 22.3 Å². The van der Waals surface area contributed by atoms with Crippen molar-refractivity contribution >= 4 is 22.8 Å². The first-order valence-corrected chi connectivity index (χ1v) is 8.81. The monoisotopic (exact) mass is 408 g/mol. The quantitative estimate of drug-likeness (QED) is 0.596. The molecule has 0 spiro atoms. The first-order valence-electron chi connectivity index (χ1n) is 8.81. The number of pyridine rings is 1. The maximum atomic E-state index is 10.6. The van der Waals surface area contributed by atoms with Crippen molar-refractivity contribution in [1.82, 2.24) is 19.9 Å². The summed E-state index contributed by atoms with van der Waals surface area (Å²) < 4.78 is 31.7. The fourth-order valence-corrected chi connectivity index (χ4v) is 2.93. The summed E-state index contributed by atoms with van der Waals surface area (Å²) in [5.41, 5.74) is 8.74. The molecule has 0 bridgehead atoms. The van der Waals surface area contributed by atoms with Crippen molar-refractivity contribution in [1.29, 1.82) is 0 Å². The van der Waals surface area contributed by atoms with Crippen LogP contribution in [0.15, 0.2) is 36.9 Å². The van der Waals surface area contributed by atoms with Gasteiger partial charge in [-0.25, -0.2) is 14.8 Å². The van der Waals surface area contributed by atoms with Gasteiger partial charge in [0.25, 0.3) is 0 Å². The van der Waals surface area contributed by atoms with Gasteiger partial charge >= 0.3 is 12.1 Å². The first-order chi connectivity index (χ1) is 13.8. The van der Waals surface area contributed by atoms with Crippen molar-refractivity contribution in [3.63, 3.8) is 0 Å². The molecule has 0 saturated carbocycles. The van der Waals surface area contributed by atoms with Crippen LogP contribution in [0.4, 0.5) is 19.0 Å². The van der Waals surface area contributed by atoms with E-state index in [0.29, 0.717) is 6.04 Å². The van der Waals surface area contributed by atoms with Crippen LogP contribution in [0, 0.1) is 0 Å². The molecule has 29 heavy (non-hydrogen) atoms. The molecule has 4 heterocycles. The van der Waals surface area contributed by atoms with Crippen LogP contribution in [-0.4, -0.2) is 56.3 Å². The minimum Gasteiger partial charge on any atom is -0.475 e. The maximum absolute atomic E-state index is 10.6. The third kappa shape index (κ3) is 4.99. The van der Waals surface area contributed by atoms with Crippen molar-refractivity contribution < 1.29 is 23.1 Å². The zero-order valence-corrected chi connectivity index (χ0v) is 15.2. The van der Waals surface area contributed by atoms with Gasteiger partial charge in [0.05, 0.1) is 18.1 Å². The van der Waals surface area contributed by atoms with Crippen molar-refractivity contribution in [2.45, 2.75) is 25.1 Å². The SMILES string of the molecule is NC1CCN(c2cncc(-c3c[nH]c4ncccc34)n2)CC1.O=C(O)C(F)(F)F. The van der Waals surface area contributed by atoms with E-state index in [1.54, 1.807) is 12.4 Å². The van der Waals surface area contributed by atoms with Crippen LogP contribution in [0.3, 0.4) is 0 Å². The predicted octanol–water partition coefficient (Wildman–Crippen LogP) is 2.58. The van der Waals surface area contributed by atoms with Gasteiger partial charge in [0.2, 0.25) is 0 Å². The van der Waals surface area contributed by atoms with Crippen molar-refractivity contribution in [2.24, 2.45) is 5.73 Å². The number of rotatable bonds is 2. The smallest absolute Gasteiger partial charge is 0.475 e. The number of nitrogens with zero attached hydrogens (tertiary/aromatic N) is 4. The fourth-order valence-electron chi connectivity index (χ4n) is 2.93. The predicted molar refractivity (Wildman–Crippen MR) is 100 cm³/mol. The molecule has 4 N–H and O–H groups in total. The Morgan fingerprint density at radius 3 is 2.62 bits per heavy atom. The molecule has 154 valence electrons. The lowest BCUT2D eigenvalue weighted by Gasteiger charge is -2.30. The molecule has 1 saturated heterocycles. The van der Waals surface area contributed by atoms with E-state index in [1.807, 2.05) is 24.5 Å². The largest absolute Gasteiger partial charge is 0.490 e. The van der Waals surface area contributed by atoms with Gasteiger partial charge in [0, 0.05) is 42.5 Å². The zero-order chi connectivity index (χ0) is 21.0. The molecule has 0 amide bonds. The molecule has 3 aromatic rings. The van der Waals surface area contributed by atoms with E-state index in [2.05, 4.69) is 19.9 Å². The van der Waals surface area contributed by atoms with Crippen molar-refractivity contribution in [3.8, 4) is 11.3 Å². The van der Waals surface area contributed by atoms with Crippen LogP contribution in [-0.2, 0) is 4.79 Å². The summed E-state index contributed by atoms with van der Waals surface area (Å²) in [7, 11) is 0.